The molecule has 0 unspecified atom stereocenters. The van der Waals surface area contributed by atoms with Gasteiger partial charge in [0, 0.05) is 22.9 Å². The summed E-state index contributed by atoms with van der Waals surface area (Å²) in [6.07, 6.45) is 0.787. The average molecular weight is 458 g/mol. The lowest BCUT2D eigenvalue weighted by molar-refractivity contribution is -0.117. The van der Waals surface area contributed by atoms with Gasteiger partial charge in [-0.25, -0.2) is 0 Å². The zero-order valence-electron chi connectivity index (χ0n) is 17.1. The number of carbonyl (C=O) groups excluding carboxylic acids is 2. The summed E-state index contributed by atoms with van der Waals surface area (Å²) in [4.78, 5) is 26.9. The van der Waals surface area contributed by atoms with Gasteiger partial charge in [-0.1, -0.05) is 23.7 Å². The highest BCUT2D eigenvalue weighted by Gasteiger charge is 2.09. The van der Waals surface area contributed by atoms with Crippen LogP contribution in [0.3, 0.4) is 0 Å². The number of benzene rings is 2. The molecule has 0 saturated carbocycles. The summed E-state index contributed by atoms with van der Waals surface area (Å²) in [7, 11) is 1.89. The number of thiophene rings is 1. The van der Waals surface area contributed by atoms with Crippen molar-refractivity contribution in [3.8, 4) is 5.75 Å². The van der Waals surface area contributed by atoms with E-state index in [1.807, 2.05) is 35.5 Å². The molecule has 8 heteroatoms. The van der Waals surface area contributed by atoms with E-state index in [1.165, 1.54) is 11.3 Å². The molecule has 6 nitrogen and oxygen atoms in total. The molecule has 0 bridgehead atoms. The van der Waals surface area contributed by atoms with Crippen molar-refractivity contribution in [2.24, 2.45) is 0 Å². The molecule has 2 aromatic carbocycles. The van der Waals surface area contributed by atoms with Gasteiger partial charge in [0.1, 0.15) is 5.75 Å². The van der Waals surface area contributed by atoms with Crippen LogP contribution >= 0.6 is 22.9 Å². The number of hydrogen-bond donors (Lipinski definition) is 2. The van der Waals surface area contributed by atoms with Gasteiger partial charge in [-0.15, -0.1) is 11.3 Å². The summed E-state index contributed by atoms with van der Waals surface area (Å²) in [5.41, 5.74) is 1.35. The van der Waals surface area contributed by atoms with Crippen LogP contribution < -0.4 is 15.4 Å². The van der Waals surface area contributed by atoms with Gasteiger partial charge in [0.05, 0.1) is 18.0 Å². The lowest BCUT2D eigenvalue weighted by Crippen LogP contribution is -2.31. The van der Waals surface area contributed by atoms with Crippen molar-refractivity contribution in [3.63, 3.8) is 0 Å². The standard InChI is InChI=1S/C23H24ClN3O3S/c1-27(12-4-13-30-20-6-2-5-17(24)15-20)16-22(28)25-18-8-10-19(11-9-18)26-23(29)21-7-3-14-31-21/h2-3,5-11,14-15H,4,12-13,16H2,1H3,(H,25,28)(H,26,29). The second kappa shape index (κ2) is 11.5. The maximum absolute atomic E-state index is 12.3. The molecule has 0 radical (unpaired) electrons. The van der Waals surface area contributed by atoms with Gasteiger partial charge < -0.3 is 15.4 Å². The Balaban J connectivity index is 1.36. The fraction of sp³-hybridized carbons (Fsp3) is 0.217. The second-order valence-electron chi connectivity index (χ2n) is 6.95. The predicted molar refractivity (Wildman–Crippen MR) is 126 cm³/mol. The molecule has 1 aromatic heterocycles. The summed E-state index contributed by atoms with van der Waals surface area (Å²) in [6.45, 7) is 1.54. The first kappa shape index (κ1) is 22.8. The first-order chi connectivity index (χ1) is 15.0. The molecule has 0 aliphatic heterocycles. The van der Waals surface area contributed by atoms with E-state index >= 15 is 0 Å². The lowest BCUT2D eigenvalue weighted by atomic mass is 10.2. The molecular formula is C23H24ClN3O3S. The molecule has 1 heterocycles. The molecule has 162 valence electrons. The number of nitrogens with one attached hydrogen (secondary N) is 2. The maximum Gasteiger partial charge on any atom is 0.265 e. The van der Waals surface area contributed by atoms with E-state index in [9.17, 15) is 9.59 Å². The normalized spacial score (nSPS) is 10.7. The van der Waals surface area contributed by atoms with Crippen LogP contribution in [0.25, 0.3) is 0 Å². The van der Waals surface area contributed by atoms with E-state index in [1.54, 1.807) is 42.5 Å². The third-order valence-electron chi connectivity index (χ3n) is 4.33. The van der Waals surface area contributed by atoms with Crippen LogP contribution in [-0.2, 0) is 4.79 Å². The van der Waals surface area contributed by atoms with Crippen molar-refractivity contribution in [1.29, 1.82) is 0 Å². The Hall–Kier alpha value is -2.87. The van der Waals surface area contributed by atoms with Crippen LogP contribution in [0.4, 0.5) is 11.4 Å². The summed E-state index contributed by atoms with van der Waals surface area (Å²) in [6, 6.07) is 17.9. The average Bonchev–Trinajstić information content (AvgIpc) is 3.28. The Labute approximate surface area is 190 Å². The van der Waals surface area contributed by atoms with Gasteiger partial charge in [-0.05, 0) is 67.4 Å². The minimum absolute atomic E-state index is 0.103. The van der Waals surface area contributed by atoms with Gasteiger partial charge in [0.15, 0.2) is 0 Å². The van der Waals surface area contributed by atoms with Gasteiger partial charge in [0.25, 0.3) is 5.91 Å². The largest absolute Gasteiger partial charge is 0.493 e. The van der Waals surface area contributed by atoms with E-state index in [0.29, 0.717) is 27.9 Å². The van der Waals surface area contributed by atoms with Crippen LogP contribution in [0.5, 0.6) is 5.75 Å². The van der Waals surface area contributed by atoms with Crippen molar-refractivity contribution in [3.05, 3.63) is 75.9 Å². The van der Waals surface area contributed by atoms with Crippen LogP contribution in [0.15, 0.2) is 66.0 Å². The van der Waals surface area contributed by atoms with Gasteiger partial charge >= 0.3 is 0 Å². The Kier molecular flexibility index (Phi) is 8.46. The number of ether oxygens (including phenoxy) is 1. The number of likely N-dealkylation sites (N-methyl/N-ethyl adjacent to an activating group) is 1. The first-order valence-electron chi connectivity index (χ1n) is 9.81. The fourth-order valence-electron chi connectivity index (χ4n) is 2.84. The molecule has 2 N–H and O–H groups in total. The third kappa shape index (κ3) is 7.71. The molecule has 3 rings (SSSR count). The summed E-state index contributed by atoms with van der Waals surface area (Å²) >= 11 is 7.32. The van der Waals surface area contributed by atoms with E-state index < -0.39 is 0 Å². The molecule has 0 saturated heterocycles. The summed E-state index contributed by atoms with van der Waals surface area (Å²) < 4.78 is 5.66. The zero-order valence-corrected chi connectivity index (χ0v) is 18.7. The number of rotatable bonds is 10. The number of hydrogen-bond acceptors (Lipinski definition) is 5. The molecule has 0 aliphatic rings. The number of nitrogens with zero attached hydrogens (tertiary/aromatic N) is 1. The molecule has 31 heavy (non-hydrogen) atoms. The maximum atomic E-state index is 12.3. The van der Waals surface area contributed by atoms with Crippen LogP contribution in [0.1, 0.15) is 16.1 Å². The van der Waals surface area contributed by atoms with Crippen molar-refractivity contribution in [2.45, 2.75) is 6.42 Å². The van der Waals surface area contributed by atoms with E-state index in [0.717, 1.165) is 18.7 Å². The topological polar surface area (TPSA) is 70.7 Å². The molecule has 0 spiro atoms. The predicted octanol–water partition coefficient (Wildman–Crippen LogP) is 4.99. The Bertz CT molecular complexity index is 994. The number of carbonyl (C=O) groups is 2. The highest BCUT2D eigenvalue weighted by Crippen LogP contribution is 2.18. The molecule has 0 aliphatic carbocycles. The quantitative estimate of drug-likeness (QED) is 0.420. The van der Waals surface area contributed by atoms with E-state index in [2.05, 4.69) is 10.6 Å². The minimum Gasteiger partial charge on any atom is -0.493 e. The van der Waals surface area contributed by atoms with Crippen LogP contribution in [0.2, 0.25) is 5.02 Å². The summed E-state index contributed by atoms with van der Waals surface area (Å²) in [5, 5.41) is 8.20. The number of halogens is 1. The van der Waals surface area contributed by atoms with Crippen molar-refractivity contribution >= 4 is 46.1 Å². The zero-order chi connectivity index (χ0) is 22.1. The van der Waals surface area contributed by atoms with Gasteiger partial charge in [-0.2, -0.15) is 0 Å². The van der Waals surface area contributed by atoms with Gasteiger partial charge in [0.2, 0.25) is 5.91 Å². The van der Waals surface area contributed by atoms with Crippen molar-refractivity contribution in [1.82, 2.24) is 4.90 Å². The second-order valence-corrected chi connectivity index (χ2v) is 8.34. The number of amides is 2. The molecule has 0 atom stereocenters. The van der Waals surface area contributed by atoms with E-state index in [-0.39, 0.29) is 18.4 Å². The Morgan fingerprint density at radius 1 is 1.03 bits per heavy atom. The molecular weight excluding hydrogens is 434 g/mol. The number of anilines is 2. The van der Waals surface area contributed by atoms with Crippen LogP contribution in [-0.4, -0.2) is 43.5 Å². The molecule has 2 amide bonds. The molecule has 0 fully saturated rings. The highest BCUT2D eigenvalue weighted by atomic mass is 35.5. The van der Waals surface area contributed by atoms with E-state index in [4.69, 9.17) is 16.3 Å². The van der Waals surface area contributed by atoms with Crippen molar-refractivity contribution in [2.75, 3.05) is 37.4 Å². The Morgan fingerprint density at radius 3 is 2.45 bits per heavy atom. The monoisotopic (exact) mass is 457 g/mol. The summed E-state index contributed by atoms with van der Waals surface area (Å²) in [5.74, 6) is 0.490. The SMILES string of the molecule is CN(CCCOc1cccc(Cl)c1)CC(=O)Nc1ccc(NC(=O)c2cccs2)cc1. The molecule has 3 aromatic rings. The highest BCUT2D eigenvalue weighted by molar-refractivity contribution is 7.12. The smallest absolute Gasteiger partial charge is 0.265 e. The van der Waals surface area contributed by atoms with Crippen molar-refractivity contribution < 1.29 is 14.3 Å². The fourth-order valence-corrected chi connectivity index (χ4v) is 3.64. The third-order valence-corrected chi connectivity index (χ3v) is 5.44. The minimum atomic E-state index is -0.146. The van der Waals surface area contributed by atoms with Gasteiger partial charge in [-0.3, -0.25) is 14.5 Å². The lowest BCUT2D eigenvalue weighted by Gasteiger charge is -2.16. The first-order valence-corrected chi connectivity index (χ1v) is 11.1. The Morgan fingerprint density at radius 2 is 1.77 bits per heavy atom. The van der Waals surface area contributed by atoms with Crippen LogP contribution in [0, 0.1) is 0 Å².